The Morgan fingerprint density at radius 1 is 1.35 bits per heavy atom. The normalized spacial score (nSPS) is 18.5. The van der Waals surface area contributed by atoms with E-state index in [4.69, 9.17) is 4.74 Å². The van der Waals surface area contributed by atoms with E-state index in [1.807, 2.05) is 0 Å². The number of halogens is 1. The van der Waals surface area contributed by atoms with E-state index in [-0.39, 0.29) is 30.1 Å². The SMILES string of the molecule is CCNC(=NCC1CN(C)CCO1)NCCc1c[nH]c2ccccc12.I. The minimum absolute atomic E-state index is 0. The van der Waals surface area contributed by atoms with Gasteiger partial charge in [-0.05, 0) is 32.0 Å². The molecule has 1 atom stereocenters. The zero-order valence-electron chi connectivity index (χ0n) is 15.6. The van der Waals surface area contributed by atoms with Crippen molar-refractivity contribution in [2.24, 2.45) is 4.99 Å². The number of aromatic nitrogens is 1. The van der Waals surface area contributed by atoms with Crippen LogP contribution < -0.4 is 10.6 Å². The molecule has 1 aliphatic heterocycles. The van der Waals surface area contributed by atoms with Crippen molar-refractivity contribution in [3.63, 3.8) is 0 Å². The van der Waals surface area contributed by atoms with Gasteiger partial charge in [0.1, 0.15) is 0 Å². The number of fused-ring (bicyclic) bond motifs is 1. The third-order valence-corrected chi connectivity index (χ3v) is 4.50. The molecule has 1 fully saturated rings. The number of H-pyrrole nitrogens is 1. The van der Waals surface area contributed by atoms with Crippen molar-refractivity contribution in [1.29, 1.82) is 0 Å². The van der Waals surface area contributed by atoms with E-state index in [0.29, 0.717) is 6.54 Å². The molecule has 26 heavy (non-hydrogen) atoms. The highest BCUT2D eigenvalue weighted by Crippen LogP contribution is 2.17. The van der Waals surface area contributed by atoms with Crippen LogP contribution >= 0.6 is 24.0 Å². The Morgan fingerprint density at radius 2 is 2.19 bits per heavy atom. The molecule has 0 amide bonds. The molecule has 0 radical (unpaired) electrons. The Kier molecular flexibility index (Phi) is 8.67. The van der Waals surface area contributed by atoms with Crippen LogP contribution in [0, 0.1) is 0 Å². The molecule has 0 aliphatic carbocycles. The van der Waals surface area contributed by atoms with E-state index < -0.39 is 0 Å². The van der Waals surface area contributed by atoms with Crippen LogP contribution in [0.15, 0.2) is 35.5 Å². The summed E-state index contributed by atoms with van der Waals surface area (Å²) in [5.41, 5.74) is 2.52. The van der Waals surface area contributed by atoms with Crippen LogP contribution in [0.2, 0.25) is 0 Å². The van der Waals surface area contributed by atoms with E-state index >= 15 is 0 Å². The Morgan fingerprint density at radius 3 is 3.00 bits per heavy atom. The smallest absolute Gasteiger partial charge is 0.191 e. The van der Waals surface area contributed by atoms with Crippen LogP contribution in [-0.2, 0) is 11.2 Å². The molecule has 1 aromatic carbocycles. The molecular formula is C19H30IN5O. The summed E-state index contributed by atoms with van der Waals surface area (Å²) >= 11 is 0. The van der Waals surface area contributed by atoms with E-state index in [0.717, 1.165) is 45.2 Å². The van der Waals surface area contributed by atoms with Gasteiger partial charge in [0.2, 0.25) is 0 Å². The maximum absolute atomic E-state index is 5.78. The van der Waals surface area contributed by atoms with Crippen LogP contribution in [0.3, 0.4) is 0 Å². The number of nitrogens with one attached hydrogen (secondary N) is 3. The summed E-state index contributed by atoms with van der Waals surface area (Å²) in [5, 5.41) is 8.04. The second-order valence-electron chi connectivity index (χ2n) is 6.51. The first-order valence-electron chi connectivity index (χ1n) is 9.13. The molecule has 7 heteroatoms. The average molecular weight is 471 g/mol. The second kappa shape index (κ2) is 10.7. The molecule has 3 N–H and O–H groups in total. The highest BCUT2D eigenvalue weighted by atomic mass is 127. The molecule has 1 unspecified atom stereocenters. The van der Waals surface area contributed by atoms with Gasteiger partial charge in [-0.1, -0.05) is 18.2 Å². The van der Waals surface area contributed by atoms with Crippen LogP contribution in [-0.4, -0.2) is 68.3 Å². The number of benzene rings is 1. The minimum Gasteiger partial charge on any atom is -0.374 e. The number of likely N-dealkylation sites (N-methyl/N-ethyl adjacent to an activating group) is 1. The maximum Gasteiger partial charge on any atom is 0.191 e. The summed E-state index contributed by atoms with van der Waals surface area (Å²) in [5.74, 6) is 0.860. The van der Waals surface area contributed by atoms with Gasteiger partial charge >= 0.3 is 0 Å². The Bertz CT molecular complexity index is 702. The molecule has 0 spiro atoms. The van der Waals surface area contributed by atoms with Crippen LogP contribution in [0.25, 0.3) is 10.9 Å². The van der Waals surface area contributed by atoms with Crippen LogP contribution in [0.5, 0.6) is 0 Å². The van der Waals surface area contributed by atoms with Gasteiger partial charge in [-0.25, -0.2) is 0 Å². The lowest BCUT2D eigenvalue weighted by molar-refractivity contribution is -0.0136. The molecule has 144 valence electrons. The van der Waals surface area contributed by atoms with Gasteiger partial charge in [-0.15, -0.1) is 24.0 Å². The number of ether oxygens (including phenoxy) is 1. The monoisotopic (exact) mass is 471 g/mol. The molecule has 1 aliphatic rings. The quantitative estimate of drug-likeness (QED) is 0.344. The standard InChI is InChI=1S/C19H29N5O.HI/c1-3-20-19(23-13-16-14-24(2)10-11-25-16)21-9-8-15-12-22-18-7-5-4-6-17(15)18;/h4-7,12,16,22H,3,8-11,13-14H2,1-2H3,(H2,20,21,23);1H. The molecule has 0 bridgehead atoms. The lowest BCUT2D eigenvalue weighted by Crippen LogP contribution is -2.43. The van der Waals surface area contributed by atoms with Gasteiger partial charge in [-0.3, -0.25) is 4.99 Å². The van der Waals surface area contributed by atoms with Crippen LogP contribution in [0.1, 0.15) is 12.5 Å². The number of hydrogen-bond donors (Lipinski definition) is 3. The van der Waals surface area contributed by atoms with Crippen molar-refractivity contribution < 1.29 is 4.74 Å². The Balaban J connectivity index is 0.00000243. The number of aromatic amines is 1. The fourth-order valence-electron chi connectivity index (χ4n) is 3.17. The van der Waals surface area contributed by atoms with Crippen molar-refractivity contribution in [3.8, 4) is 0 Å². The highest BCUT2D eigenvalue weighted by molar-refractivity contribution is 14.0. The number of guanidine groups is 1. The highest BCUT2D eigenvalue weighted by Gasteiger charge is 2.17. The fraction of sp³-hybridized carbons (Fsp3) is 0.526. The third kappa shape index (κ3) is 5.85. The molecule has 1 saturated heterocycles. The predicted octanol–water partition coefficient (Wildman–Crippen LogP) is 2.21. The average Bonchev–Trinajstić information content (AvgIpc) is 3.03. The molecular weight excluding hydrogens is 441 g/mol. The molecule has 6 nitrogen and oxygen atoms in total. The topological polar surface area (TPSA) is 64.7 Å². The second-order valence-corrected chi connectivity index (χ2v) is 6.51. The van der Waals surface area contributed by atoms with E-state index in [2.05, 4.69) is 69.9 Å². The summed E-state index contributed by atoms with van der Waals surface area (Å²) in [6.07, 6.45) is 3.24. The summed E-state index contributed by atoms with van der Waals surface area (Å²) < 4.78 is 5.78. The van der Waals surface area contributed by atoms with Crippen LogP contribution in [0.4, 0.5) is 0 Å². The molecule has 2 aromatic rings. The fourth-order valence-corrected chi connectivity index (χ4v) is 3.17. The number of rotatable bonds is 6. The van der Waals surface area contributed by atoms with Gasteiger partial charge in [0, 0.05) is 43.3 Å². The lowest BCUT2D eigenvalue weighted by Gasteiger charge is -2.29. The Labute approximate surface area is 172 Å². The largest absolute Gasteiger partial charge is 0.374 e. The first-order chi connectivity index (χ1) is 12.3. The molecule has 0 saturated carbocycles. The Hall–Kier alpha value is -1.32. The van der Waals surface area contributed by atoms with Crippen molar-refractivity contribution in [3.05, 3.63) is 36.0 Å². The maximum atomic E-state index is 5.78. The number of nitrogens with zero attached hydrogens (tertiary/aromatic N) is 2. The zero-order valence-corrected chi connectivity index (χ0v) is 18.0. The minimum atomic E-state index is 0. The number of morpholine rings is 1. The van der Waals surface area contributed by atoms with E-state index in [1.54, 1.807) is 0 Å². The number of para-hydroxylation sites is 1. The van der Waals surface area contributed by atoms with Gasteiger partial charge in [-0.2, -0.15) is 0 Å². The first-order valence-corrected chi connectivity index (χ1v) is 9.13. The predicted molar refractivity (Wildman–Crippen MR) is 119 cm³/mol. The lowest BCUT2D eigenvalue weighted by atomic mass is 10.1. The third-order valence-electron chi connectivity index (χ3n) is 4.50. The van der Waals surface area contributed by atoms with Crippen molar-refractivity contribution in [2.45, 2.75) is 19.4 Å². The summed E-state index contributed by atoms with van der Waals surface area (Å²) in [6.45, 7) is 7.21. The molecule has 1 aromatic heterocycles. The van der Waals surface area contributed by atoms with Gasteiger partial charge in [0.15, 0.2) is 5.96 Å². The van der Waals surface area contributed by atoms with Gasteiger partial charge < -0.3 is 25.3 Å². The number of aliphatic imine (C=N–C) groups is 1. The zero-order chi connectivity index (χ0) is 17.5. The van der Waals surface area contributed by atoms with E-state index in [1.165, 1.54) is 16.5 Å². The summed E-state index contributed by atoms with van der Waals surface area (Å²) in [6, 6.07) is 8.41. The summed E-state index contributed by atoms with van der Waals surface area (Å²) in [7, 11) is 2.13. The number of hydrogen-bond acceptors (Lipinski definition) is 3. The van der Waals surface area contributed by atoms with Crippen molar-refractivity contribution >= 4 is 40.8 Å². The summed E-state index contributed by atoms with van der Waals surface area (Å²) in [4.78, 5) is 10.3. The molecule has 2 heterocycles. The first kappa shape index (κ1) is 21.0. The molecule has 3 rings (SSSR count). The van der Waals surface area contributed by atoms with Crippen molar-refractivity contribution in [1.82, 2.24) is 20.5 Å². The van der Waals surface area contributed by atoms with Gasteiger partial charge in [0.05, 0.1) is 19.3 Å². The van der Waals surface area contributed by atoms with E-state index in [9.17, 15) is 0 Å². The van der Waals surface area contributed by atoms with Crippen molar-refractivity contribution in [2.75, 3.05) is 46.4 Å². The van der Waals surface area contributed by atoms with Gasteiger partial charge in [0.25, 0.3) is 0 Å².